The lowest BCUT2D eigenvalue weighted by Gasteiger charge is -2.46. The number of terminal acetylenes is 1. The Morgan fingerprint density at radius 2 is 1.95 bits per heavy atom. The van der Waals surface area contributed by atoms with Crippen molar-refractivity contribution in [1.82, 2.24) is 9.80 Å². The molecule has 2 rings (SSSR count). The van der Waals surface area contributed by atoms with E-state index < -0.39 is 47.2 Å². The zero-order chi connectivity index (χ0) is 31.1. The normalized spacial score (nSPS) is 37.8. The highest BCUT2D eigenvalue weighted by Gasteiger charge is 2.52. The van der Waals surface area contributed by atoms with Crippen molar-refractivity contribution in [3.05, 3.63) is 12.7 Å². The van der Waals surface area contributed by atoms with Gasteiger partial charge in [-0.3, -0.25) is 14.5 Å². The SMILES string of the molecule is C#C[C@@]1(OC)C[C@@H](C=C)CN(C)[C@@H](CCCO)COC(=O)C(C)(C)C(=O)[C@H](C)[C@H]1O[C@@H]1OC(C)C[C@H](N(C)C)[C@H]1O. The summed E-state index contributed by atoms with van der Waals surface area (Å²) < 4.78 is 24.3. The van der Waals surface area contributed by atoms with Gasteiger partial charge < -0.3 is 34.1 Å². The number of esters is 1. The first kappa shape index (κ1) is 35.4. The topological polar surface area (TPSA) is 118 Å². The second-order valence-electron chi connectivity index (χ2n) is 12.4. The number of Topliss-reactive ketones (excluding diaryl/α,β-unsaturated/α-hetero) is 1. The number of carbonyl (C=O) groups excluding carboxylic acids is 2. The molecule has 0 amide bonds. The number of methoxy groups -OCH3 is 1. The lowest BCUT2D eigenvalue weighted by Crippen LogP contribution is -2.60. The average Bonchev–Trinajstić information content (AvgIpc) is 2.94. The highest BCUT2D eigenvalue weighted by atomic mass is 16.7. The molecule has 2 aliphatic rings. The number of hydrogen-bond donors (Lipinski definition) is 2. The van der Waals surface area contributed by atoms with E-state index >= 15 is 0 Å². The largest absolute Gasteiger partial charge is 0.463 e. The van der Waals surface area contributed by atoms with Crippen LogP contribution in [0.5, 0.6) is 0 Å². The Morgan fingerprint density at radius 3 is 2.49 bits per heavy atom. The number of likely N-dealkylation sites (N-methyl/N-ethyl adjacent to an activating group) is 2. The fraction of sp³-hybridized carbons (Fsp3) is 0.806. The van der Waals surface area contributed by atoms with Crippen LogP contribution in [0.25, 0.3) is 0 Å². The van der Waals surface area contributed by atoms with Crippen LogP contribution in [-0.2, 0) is 28.5 Å². The molecule has 1 unspecified atom stereocenters. The molecule has 2 saturated heterocycles. The Morgan fingerprint density at radius 1 is 1.29 bits per heavy atom. The fourth-order valence-electron chi connectivity index (χ4n) is 5.99. The molecule has 0 radical (unpaired) electrons. The van der Waals surface area contributed by atoms with Crippen LogP contribution >= 0.6 is 0 Å². The van der Waals surface area contributed by atoms with Crippen LogP contribution in [0.3, 0.4) is 0 Å². The van der Waals surface area contributed by atoms with Gasteiger partial charge in [0, 0.05) is 38.3 Å². The molecule has 0 aliphatic carbocycles. The van der Waals surface area contributed by atoms with E-state index in [0.717, 1.165) is 0 Å². The summed E-state index contributed by atoms with van der Waals surface area (Å²) in [6, 6.07) is -0.438. The van der Waals surface area contributed by atoms with Crippen LogP contribution < -0.4 is 0 Å². The highest BCUT2D eigenvalue weighted by Crippen LogP contribution is 2.38. The van der Waals surface area contributed by atoms with E-state index in [1.807, 2.05) is 33.0 Å². The molecule has 0 aromatic carbocycles. The number of rotatable bonds is 8. The maximum atomic E-state index is 14.1. The molecule has 41 heavy (non-hydrogen) atoms. The third kappa shape index (κ3) is 8.17. The molecular weight excluding hydrogens is 528 g/mol. The molecule has 0 bridgehead atoms. The van der Waals surface area contributed by atoms with Gasteiger partial charge in [0.1, 0.15) is 24.2 Å². The van der Waals surface area contributed by atoms with Crippen molar-refractivity contribution in [2.75, 3.05) is 48.0 Å². The Bertz CT molecular complexity index is 934. The smallest absolute Gasteiger partial charge is 0.319 e. The quantitative estimate of drug-likeness (QED) is 0.191. The van der Waals surface area contributed by atoms with Crippen molar-refractivity contribution in [2.24, 2.45) is 17.3 Å². The van der Waals surface area contributed by atoms with E-state index in [0.29, 0.717) is 25.8 Å². The fourth-order valence-corrected chi connectivity index (χ4v) is 5.99. The molecule has 10 nitrogen and oxygen atoms in total. The van der Waals surface area contributed by atoms with Gasteiger partial charge in [-0.1, -0.05) is 18.9 Å². The van der Waals surface area contributed by atoms with Crippen LogP contribution in [0, 0.1) is 29.6 Å². The third-order valence-corrected chi connectivity index (χ3v) is 8.77. The van der Waals surface area contributed by atoms with Crippen molar-refractivity contribution >= 4 is 11.8 Å². The van der Waals surface area contributed by atoms with Crippen LogP contribution in [0.2, 0.25) is 0 Å². The highest BCUT2D eigenvalue weighted by molar-refractivity contribution is 6.04. The molecule has 0 aromatic rings. The Balaban J connectivity index is 2.63. The minimum atomic E-state index is -1.52. The summed E-state index contributed by atoms with van der Waals surface area (Å²) in [5.41, 5.74) is -2.95. The molecule has 234 valence electrons. The first-order valence-electron chi connectivity index (χ1n) is 14.5. The molecule has 0 spiro atoms. The first-order valence-corrected chi connectivity index (χ1v) is 14.5. The van der Waals surface area contributed by atoms with E-state index in [2.05, 4.69) is 17.4 Å². The molecule has 0 saturated carbocycles. The van der Waals surface area contributed by atoms with Gasteiger partial charge in [-0.2, -0.15) is 0 Å². The number of hydrogen-bond acceptors (Lipinski definition) is 10. The second kappa shape index (κ2) is 15.1. The molecular formula is C31H52N2O8. The summed E-state index contributed by atoms with van der Waals surface area (Å²) in [5.74, 6) is 0.564. The van der Waals surface area contributed by atoms with Crippen LogP contribution in [0.4, 0.5) is 0 Å². The van der Waals surface area contributed by atoms with Crippen molar-refractivity contribution in [3.63, 3.8) is 0 Å². The number of nitrogens with zero attached hydrogens (tertiary/aromatic N) is 2. The van der Waals surface area contributed by atoms with Gasteiger partial charge in [0.05, 0.1) is 6.10 Å². The van der Waals surface area contributed by atoms with Gasteiger partial charge >= 0.3 is 5.97 Å². The Kier molecular flexibility index (Phi) is 13.0. The van der Waals surface area contributed by atoms with Crippen molar-refractivity contribution in [1.29, 1.82) is 0 Å². The lowest BCUT2D eigenvalue weighted by molar-refractivity contribution is -0.291. The molecule has 2 aliphatic heterocycles. The zero-order valence-corrected chi connectivity index (χ0v) is 26.2. The van der Waals surface area contributed by atoms with Gasteiger partial charge in [0.25, 0.3) is 0 Å². The number of ether oxygens (including phenoxy) is 4. The van der Waals surface area contributed by atoms with Crippen molar-refractivity contribution in [3.8, 4) is 12.3 Å². The van der Waals surface area contributed by atoms with Crippen LogP contribution in [-0.4, -0.2) is 122 Å². The standard InChI is InChI=1S/C31H52N2O8/c1-11-22-17-31(12-2,38-10)27(41-28-25(35)24(32(7)8)16-20(3)40-28)21(4)26(36)30(5,6)29(37)39-19-23(14-13-15-34)33(9)18-22/h2,11,20-25,27-28,34-35H,1,13-19H2,3-10H3/t20?,21-,22+,23-,24-,25+,27+,28-,31+/m0/s1. The van der Waals surface area contributed by atoms with Crippen LogP contribution in [0.1, 0.15) is 53.4 Å². The first-order chi connectivity index (χ1) is 19.2. The van der Waals surface area contributed by atoms with Gasteiger partial charge in [0.15, 0.2) is 17.7 Å². The average molecular weight is 581 g/mol. The molecule has 10 heteroatoms. The maximum absolute atomic E-state index is 14.1. The summed E-state index contributed by atoms with van der Waals surface area (Å²) in [6.07, 6.45) is 6.54. The predicted octanol–water partition coefficient (Wildman–Crippen LogP) is 1.87. The van der Waals surface area contributed by atoms with Crippen molar-refractivity contribution < 1.29 is 38.7 Å². The number of cyclic esters (lactones) is 1. The van der Waals surface area contributed by atoms with Gasteiger partial charge in [0.2, 0.25) is 0 Å². The molecule has 2 N–H and O–H groups in total. The number of ketones is 1. The van der Waals surface area contributed by atoms with Crippen molar-refractivity contribution in [2.45, 2.75) is 95.7 Å². The Hall–Kier alpha value is -1.84. The predicted molar refractivity (Wildman–Crippen MR) is 156 cm³/mol. The van der Waals surface area contributed by atoms with Gasteiger partial charge in [-0.15, -0.1) is 13.0 Å². The van der Waals surface area contributed by atoms with E-state index in [1.165, 1.54) is 21.0 Å². The monoisotopic (exact) mass is 580 g/mol. The summed E-state index contributed by atoms with van der Waals surface area (Å²) in [6.45, 7) is 11.2. The number of carbonyl (C=O) groups is 2. The molecule has 2 fully saturated rings. The molecule has 0 aromatic heterocycles. The number of aliphatic hydroxyl groups excluding tert-OH is 2. The minimum Gasteiger partial charge on any atom is -0.463 e. The summed E-state index contributed by atoms with van der Waals surface area (Å²) >= 11 is 0. The van der Waals surface area contributed by atoms with E-state index in [4.69, 9.17) is 25.4 Å². The molecule has 2 heterocycles. The third-order valence-electron chi connectivity index (χ3n) is 8.77. The summed E-state index contributed by atoms with van der Waals surface area (Å²) in [7, 11) is 7.14. The number of aliphatic hydroxyl groups is 2. The van der Waals surface area contributed by atoms with E-state index in [9.17, 15) is 19.8 Å². The van der Waals surface area contributed by atoms with Gasteiger partial charge in [-0.25, -0.2) is 0 Å². The maximum Gasteiger partial charge on any atom is 0.319 e. The van der Waals surface area contributed by atoms with E-state index in [1.54, 1.807) is 13.0 Å². The van der Waals surface area contributed by atoms with E-state index in [-0.39, 0.29) is 43.7 Å². The summed E-state index contributed by atoms with van der Waals surface area (Å²) in [5, 5.41) is 20.7. The van der Waals surface area contributed by atoms with Gasteiger partial charge in [-0.05, 0) is 73.5 Å². The summed E-state index contributed by atoms with van der Waals surface area (Å²) in [4.78, 5) is 31.4. The van der Waals surface area contributed by atoms with Crippen LogP contribution in [0.15, 0.2) is 12.7 Å². The minimum absolute atomic E-state index is 0.00987. The Labute approximate surface area is 246 Å². The zero-order valence-electron chi connectivity index (χ0n) is 26.2. The lowest BCUT2D eigenvalue weighted by atomic mass is 9.73. The molecule has 9 atom stereocenters. The second-order valence-corrected chi connectivity index (χ2v) is 12.4.